The maximum absolute atomic E-state index is 12.2. The van der Waals surface area contributed by atoms with E-state index in [9.17, 15) is 4.79 Å². The summed E-state index contributed by atoms with van der Waals surface area (Å²) in [5, 5.41) is 3.00. The Morgan fingerprint density at radius 1 is 1.04 bits per heavy atom. The number of aromatic nitrogens is 1. The van der Waals surface area contributed by atoms with Gasteiger partial charge < -0.3 is 19.9 Å². The molecule has 136 valence electrons. The monoisotopic (exact) mass is 352 g/mol. The number of hydrogen-bond donors (Lipinski definition) is 1. The number of nitrogens with one attached hydrogen (secondary N) is 1. The van der Waals surface area contributed by atoms with Gasteiger partial charge in [0.15, 0.2) is 0 Å². The van der Waals surface area contributed by atoms with Crippen molar-refractivity contribution < 1.29 is 9.53 Å². The number of carbonyl (C=O) groups excluding carboxylic acids is 1. The molecule has 1 aliphatic carbocycles. The quantitative estimate of drug-likeness (QED) is 0.895. The predicted molar refractivity (Wildman–Crippen MR) is 102 cm³/mol. The number of piperazine rings is 1. The topological polar surface area (TPSA) is 57.7 Å². The minimum atomic E-state index is -0.0637. The second-order valence-electron chi connectivity index (χ2n) is 6.82. The molecule has 0 atom stereocenters. The lowest BCUT2D eigenvalue weighted by Crippen LogP contribution is -2.46. The molecular formula is C20H24N4O2. The van der Waals surface area contributed by atoms with Gasteiger partial charge in [-0.3, -0.25) is 9.78 Å². The highest BCUT2D eigenvalue weighted by Crippen LogP contribution is 2.23. The third-order valence-electron chi connectivity index (χ3n) is 4.97. The molecule has 2 aliphatic rings. The lowest BCUT2D eigenvalue weighted by molar-refractivity contribution is 0.0946. The second-order valence-corrected chi connectivity index (χ2v) is 6.82. The minimum absolute atomic E-state index is 0.0637. The van der Waals surface area contributed by atoms with Gasteiger partial charge in [-0.15, -0.1) is 0 Å². The van der Waals surface area contributed by atoms with Crippen molar-refractivity contribution in [2.45, 2.75) is 18.9 Å². The molecule has 1 saturated heterocycles. The zero-order valence-corrected chi connectivity index (χ0v) is 15.0. The molecule has 1 amide bonds. The van der Waals surface area contributed by atoms with E-state index in [2.05, 4.69) is 32.2 Å². The van der Waals surface area contributed by atoms with Crippen LogP contribution in [0.15, 0.2) is 42.6 Å². The lowest BCUT2D eigenvalue weighted by Gasteiger charge is -2.37. The molecule has 26 heavy (non-hydrogen) atoms. The fourth-order valence-electron chi connectivity index (χ4n) is 3.24. The van der Waals surface area contributed by atoms with Crippen molar-refractivity contribution >= 4 is 17.3 Å². The van der Waals surface area contributed by atoms with E-state index in [1.165, 1.54) is 5.69 Å². The number of methoxy groups -OCH3 is 1. The highest BCUT2D eigenvalue weighted by Gasteiger charge is 2.25. The van der Waals surface area contributed by atoms with Crippen molar-refractivity contribution in [2.24, 2.45) is 0 Å². The van der Waals surface area contributed by atoms with Gasteiger partial charge in [0.1, 0.15) is 11.4 Å². The molecule has 1 aromatic heterocycles. The number of nitrogens with zero attached hydrogens (tertiary/aromatic N) is 3. The first-order valence-corrected chi connectivity index (χ1v) is 9.14. The second kappa shape index (κ2) is 7.23. The van der Waals surface area contributed by atoms with Gasteiger partial charge in [-0.25, -0.2) is 0 Å². The first-order chi connectivity index (χ1) is 12.7. The van der Waals surface area contributed by atoms with Crippen LogP contribution in [0.4, 0.5) is 11.4 Å². The SMILES string of the molecule is COc1ccc(N2CCN(c3ccnc(C(=O)NC4CC4)c3)CC2)cc1. The normalized spacial score (nSPS) is 17.1. The van der Waals surface area contributed by atoms with Crippen molar-refractivity contribution in [2.75, 3.05) is 43.1 Å². The molecule has 0 unspecified atom stereocenters. The number of anilines is 2. The Labute approximate surface area is 153 Å². The molecular weight excluding hydrogens is 328 g/mol. The van der Waals surface area contributed by atoms with Crippen LogP contribution < -0.4 is 19.9 Å². The van der Waals surface area contributed by atoms with E-state index in [1.54, 1.807) is 13.3 Å². The lowest BCUT2D eigenvalue weighted by atomic mass is 10.2. The van der Waals surface area contributed by atoms with Crippen LogP contribution in [0, 0.1) is 0 Å². The van der Waals surface area contributed by atoms with Crippen molar-refractivity contribution in [3.8, 4) is 5.75 Å². The molecule has 1 aromatic carbocycles. The number of amides is 1. The maximum atomic E-state index is 12.2. The summed E-state index contributed by atoms with van der Waals surface area (Å²) in [6.07, 6.45) is 3.89. The van der Waals surface area contributed by atoms with Crippen molar-refractivity contribution in [3.05, 3.63) is 48.3 Å². The Morgan fingerprint density at radius 3 is 2.31 bits per heavy atom. The molecule has 1 N–H and O–H groups in total. The summed E-state index contributed by atoms with van der Waals surface area (Å²) in [6.45, 7) is 3.72. The Kier molecular flexibility index (Phi) is 4.65. The van der Waals surface area contributed by atoms with Crippen LogP contribution in [0.5, 0.6) is 5.75 Å². The molecule has 1 aliphatic heterocycles. The molecule has 4 rings (SSSR count). The van der Waals surface area contributed by atoms with Crippen LogP contribution in [0.2, 0.25) is 0 Å². The van der Waals surface area contributed by atoms with Crippen LogP contribution in [0.25, 0.3) is 0 Å². The van der Waals surface area contributed by atoms with Gasteiger partial charge in [0.25, 0.3) is 5.91 Å². The summed E-state index contributed by atoms with van der Waals surface area (Å²) >= 11 is 0. The maximum Gasteiger partial charge on any atom is 0.270 e. The summed E-state index contributed by atoms with van der Waals surface area (Å²) in [7, 11) is 1.68. The van der Waals surface area contributed by atoms with Gasteiger partial charge in [-0.05, 0) is 49.2 Å². The Morgan fingerprint density at radius 2 is 1.69 bits per heavy atom. The number of pyridine rings is 1. The molecule has 6 nitrogen and oxygen atoms in total. The summed E-state index contributed by atoms with van der Waals surface area (Å²) in [4.78, 5) is 21.1. The third kappa shape index (κ3) is 3.74. The van der Waals surface area contributed by atoms with E-state index in [-0.39, 0.29) is 5.91 Å². The highest BCUT2D eigenvalue weighted by molar-refractivity contribution is 5.93. The molecule has 2 heterocycles. The van der Waals surface area contributed by atoms with Crippen LogP contribution in [0.1, 0.15) is 23.3 Å². The Balaban J connectivity index is 1.38. The van der Waals surface area contributed by atoms with Gasteiger partial charge in [0.05, 0.1) is 7.11 Å². The predicted octanol–water partition coefficient (Wildman–Crippen LogP) is 2.31. The van der Waals surface area contributed by atoms with Gasteiger partial charge in [0.2, 0.25) is 0 Å². The fraction of sp³-hybridized carbons (Fsp3) is 0.400. The zero-order valence-electron chi connectivity index (χ0n) is 15.0. The van der Waals surface area contributed by atoms with Crippen molar-refractivity contribution in [3.63, 3.8) is 0 Å². The van der Waals surface area contributed by atoms with Crippen molar-refractivity contribution in [1.82, 2.24) is 10.3 Å². The Hall–Kier alpha value is -2.76. The smallest absolute Gasteiger partial charge is 0.270 e. The third-order valence-corrected chi connectivity index (χ3v) is 4.97. The highest BCUT2D eigenvalue weighted by atomic mass is 16.5. The average molecular weight is 352 g/mol. The van der Waals surface area contributed by atoms with Crippen LogP contribution in [-0.2, 0) is 0 Å². The van der Waals surface area contributed by atoms with Gasteiger partial charge in [-0.2, -0.15) is 0 Å². The van der Waals surface area contributed by atoms with Crippen molar-refractivity contribution in [1.29, 1.82) is 0 Å². The summed E-state index contributed by atoms with van der Waals surface area (Å²) in [6, 6.07) is 12.4. The molecule has 6 heteroatoms. The van der Waals surface area contributed by atoms with E-state index < -0.39 is 0 Å². The summed E-state index contributed by atoms with van der Waals surface area (Å²) < 4.78 is 5.22. The molecule has 2 aromatic rings. The molecule has 0 bridgehead atoms. The fourth-order valence-corrected chi connectivity index (χ4v) is 3.24. The van der Waals surface area contributed by atoms with Crippen LogP contribution in [0.3, 0.4) is 0 Å². The van der Waals surface area contributed by atoms with E-state index in [1.807, 2.05) is 24.3 Å². The first kappa shape index (κ1) is 16.7. The largest absolute Gasteiger partial charge is 0.497 e. The average Bonchev–Trinajstić information content (AvgIpc) is 3.52. The van der Waals surface area contributed by atoms with E-state index >= 15 is 0 Å². The van der Waals surface area contributed by atoms with Gasteiger partial charge in [-0.1, -0.05) is 0 Å². The summed E-state index contributed by atoms with van der Waals surface area (Å²) in [5.41, 5.74) is 2.78. The van der Waals surface area contributed by atoms with Gasteiger partial charge in [0, 0.05) is 49.8 Å². The number of rotatable bonds is 5. The molecule has 0 radical (unpaired) electrons. The van der Waals surface area contributed by atoms with Gasteiger partial charge >= 0.3 is 0 Å². The summed E-state index contributed by atoms with van der Waals surface area (Å²) in [5.74, 6) is 0.812. The molecule has 1 saturated carbocycles. The van der Waals surface area contributed by atoms with E-state index in [4.69, 9.17) is 4.74 Å². The Bertz CT molecular complexity index is 766. The number of ether oxygens (including phenoxy) is 1. The minimum Gasteiger partial charge on any atom is -0.497 e. The van der Waals surface area contributed by atoms with Crippen LogP contribution in [-0.4, -0.2) is 50.2 Å². The zero-order chi connectivity index (χ0) is 17.9. The van der Waals surface area contributed by atoms with E-state index in [0.29, 0.717) is 11.7 Å². The molecule has 2 fully saturated rings. The number of benzene rings is 1. The molecule has 0 spiro atoms. The standard InChI is InChI=1S/C20H24N4O2/c1-26-18-6-4-16(5-7-18)23-10-12-24(13-11-23)17-8-9-21-19(14-17)20(25)22-15-2-3-15/h4-9,14-15H,2-3,10-13H2,1H3,(H,22,25). The first-order valence-electron chi connectivity index (χ1n) is 9.14. The number of hydrogen-bond acceptors (Lipinski definition) is 5. The van der Waals surface area contributed by atoms with Crippen LogP contribution >= 0.6 is 0 Å². The number of carbonyl (C=O) groups is 1. The van der Waals surface area contributed by atoms with E-state index in [0.717, 1.165) is 50.5 Å².